The molecule has 16 heavy (non-hydrogen) atoms. The van der Waals surface area contributed by atoms with E-state index in [0.717, 1.165) is 30.9 Å². The van der Waals surface area contributed by atoms with E-state index in [0.29, 0.717) is 12.1 Å². The number of hydrogen-bond donors (Lipinski definition) is 2. The van der Waals surface area contributed by atoms with E-state index in [9.17, 15) is 4.79 Å². The van der Waals surface area contributed by atoms with E-state index in [1.807, 2.05) is 0 Å². The van der Waals surface area contributed by atoms with E-state index in [1.54, 1.807) is 11.8 Å². The van der Waals surface area contributed by atoms with Gasteiger partial charge in [-0.25, -0.2) is 0 Å². The fourth-order valence-electron chi connectivity index (χ4n) is 2.62. The molecule has 0 aromatic heterocycles. The molecule has 2 aliphatic heterocycles. The van der Waals surface area contributed by atoms with Crippen LogP contribution in [0.3, 0.4) is 0 Å². The van der Waals surface area contributed by atoms with E-state index in [4.69, 9.17) is 6.42 Å². The van der Waals surface area contributed by atoms with Gasteiger partial charge in [0.15, 0.2) is 0 Å². The standard InChI is InChI=1S/C12H18N2OS/c1-2-6-16-7-5-13-12(15)10-8-9-3-4-11(10)14-9/h1,9-11,14H,3-8H2,(H,13,15). The number of carbonyl (C=O) groups excluding carboxylic acids is 1. The van der Waals surface area contributed by atoms with Crippen molar-refractivity contribution in [2.45, 2.75) is 31.3 Å². The molecule has 4 heteroatoms. The first kappa shape index (κ1) is 11.8. The monoisotopic (exact) mass is 238 g/mol. The molecule has 2 N–H and O–H groups in total. The Morgan fingerprint density at radius 1 is 1.56 bits per heavy atom. The van der Waals surface area contributed by atoms with Crippen LogP contribution in [0.25, 0.3) is 0 Å². The molecule has 2 aliphatic rings. The smallest absolute Gasteiger partial charge is 0.224 e. The highest BCUT2D eigenvalue weighted by molar-refractivity contribution is 7.99. The zero-order valence-electron chi connectivity index (χ0n) is 9.37. The summed E-state index contributed by atoms with van der Waals surface area (Å²) in [5.41, 5.74) is 0. The molecule has 3 nitrogen and oxygen atoms in total. The van der Waals surface area contributed by atoms with Crippen molar-refractivity contribution in [1.29, 1.82) is 0 Å². The summed E-state index contributed by atoms with van der Waals surface area (Å²) in [4.78, 5) is 11.9. The summed E-state index contributed by atoms with van der Waals surface area (Å²) in [6, 6.07) is 1.03. The number of nitrogens with one attached hydrogen (secondary N) is 2. The SMILES string of the molecule is C#CCSCCNC(=O)C1CC2CCC1N2. The molecule has 2 bridgehead atoms. The second-order valence-corrected chi connectivity index (χ2v) is 5.54. The third kappa shape index (κ3) is 2.72. The van der Waals surface area contributed by atoms with Crippen LogP contribution in [0.1, 0.15) is 19.3 Å². The summed E-state index contributed by atoms with van der Waals surface area (Å²) < 4.78 is 0. The summed E-state index contributed by atoms with van der Waals surface area (Å²) in [5.74, 6) is 4.64. The zero-order valence-corrected chi connectivity index (χ0v) is 10.2. The lowest BCUT2D eigenvalue weighted by Crippen LogP contribution is -2.38. The van der Waals surface area contributed by atoms with Gasteiger partial charge in [-0.1, -0.05) is 5.92 Å². The highest BCUT2D eigenvalue weighted by Gasteiger charge is 2.42. The van der Waals surface area contributed by atoms with Crippen molar-refractivity contribution in [3.05, 3.63) is 0 Å². The average Bonchev–Trinajstić information content (AvgIpc) is 2.90. The lowest BCUT2D eigenvalue weighted by molar-refractivity contribution is -0.125. The first-order valence-corrected chi connectivity index (χ1v) is 7.01. The molecule has 0 saturated carbocycles. The normalized spacial score (nSPS) is 31.3. The van der Waals surface area contributed by atoms with Gasteiger partial charge in [-0.05, 0) is 19.3 Å². The van der Waals surface area contributed by atoms with Crippen molar-refractivity contribution >= 4 is 17.7 Å². The van der Waals surface area contributed by atoms with Gasteiger partial charge in [0.2, 0.25) is 5.91 Å². The zero-order chi connectivity index (χ0) is 11.4. The Bertz CT molecular complexity index is 300. The van der Waals surface area contributed by atoms with Gasteiger partial charge in [0, 0.05) is 24.4 Å². The van der Waals surface area contributed by atoms with Crippen molar-refractivity contribution in [2.75, 3.05) is 18.1 Å². The van der Waals surface area contributed by atoms with Crippen molar-refractivity contribution in [1.82, 2.24) is 10.6 Å². The number of amides is 1. The molecule has 0 radical (unpaired) electrons. The van der Waals surface area contributed by atoms with Gasteiger partial charge >= 0.3 is 0 Å². The molecule has 0 aromatic rings. The fourth-order valence-corrected chi connectivity index (χ4v) is 3.13. The molecule has 88 valence electrons. The van der Waals surface area contributed by atoms with Crippen molar-refractivity contribution in [3.63, 3.8) is 0 Å². The number of rotatable bonds is 5. The fraction of sp³-hybridized carbons (Fsp3) is 0.750. The average molecular weight is 238 g/mol. The summed E-state index contributed by atoms with van der Waals surface area (Å²) >= 11 is 1.69. The molecular weight excluding hydrogens is 220 g/mol. The van der Waals surface area contributed by atoms with E-state index in [-0.39, 0.29) is 11.8 Å². The summed E-state index contributed by atoms with van der Waals surface area (Å²) in [5, 5.41) is 6.48. The maximum Gasteiger partial charge on any atom is 0.224 e. The van der Waals surface area contributed by atoms with E-state index >= 15 is 0 Å². The van der Waals surface area contributed by atoms with Gasteiger partial charge in [-0.15, -0.1) is 18.2 Å². The van der Waals surface area contributed by atoms with Crippen LogP contribution in [0.4, 0.5) is 0 Å². The molecule has 1 amide bonds. The van der Waals surface area contributed by atoms with E-state index in [2.05, 4.69) is 16.6 Å². The van der Waals surface area contributed by atoms with Crippen LogP contribution in [-0.2, 0) is 4.79 Å². The minimum absolute atomic E-state index is 0.205. The minimum Gasteiger partial charge on any atom is -0.355 e. The maximum absolute atomic E-state index is 11.9. The lowest BCUT2D eigenvalue weighted by atomic mass is 9.88. The molecule has 3 unspecified atom stereocenters. The lowest BCUT2D eigenvalue weighted by Gasteiger charge is -2.19. The van der Waals surface area contributed by atoms with Crippen molar-refractivity contribution < 1.29 is 4.79 Å². The molecular formula is C12H18N2OS. The Labute approximate surface area is 101 Å². The van der Waals surface area contributed by atoms with Gasteiger partial charge in [0.05, 0.1) is 11.7 Å². The highest BCUT2D eigenvalue weighted by Crippen LogP contribution is 2.33. The van der Waals surface area contributed by atoms with E-state index < -0.39 is 0 Å². The number of fused-ring (bicyclic) bond motifs is 2. The predicted octanol–water partition coefficient (Wildman–Crippen LogP) is 0.610. The van der Waals surface area contributed by atoms with Gasteiger partial charge in [0.25, 0.3) is 0 Å². The van der Waals surface area contributed by atoms with Crippen LogP contribution in [-0.4, -0.2) is 36.0 Å². The summed E-state index contributed by atoms with van der Waals surface area (Å²) in [6.45, 7) is 0.735. The van der Waals surface area contributed by atoms with Crippen LogP contribution in [0.2, 0.25) is 0 Å². The number of thioether (sulfide) groups is 1. The number of terminal acetylenes is 1. The first-order chi connectivity index (χ1) is 7.81. The Hall–Kier alpha value is -0.660. The second kappa shape index (κ2) is 5.60. The highest BCUT2D eigenvalue weighted by atomic mass is 32.2. The van der Waals surface area contributed by atoms with Crippen LogP contribution in [0.15, 0.2) is 0 Å². The van der Waals surface area contributed by atoms with E-state index in [1.165, 1.54) is 6.42 Å². The largest absolute Gasteiger partial charge is 0.355 e. The summed E-state index contributed by atoms with van der Waals surface area (Å²) in [7, 11) is 0. The Morgan fingerprint density at radius 3 is 3.06 bits per heavy atom. The van der Waals surface area contributed by atoms with Crippen LogP contribution in [0.5, 0.6) is 0 Å². The molecule has 2 heterocycles. The molecule has 2 rings (SSSR count). The van der Waals surface area contributed by atoms with Crippen LogP contribution >= 0.6 is 11.8 Å². The molecule has 0 aliphatic carbocycles. The molecule has 0 spiro atoms. The van der Waals surface area contributed by atoms with Crippen molar-refractivity contribution in [3.8, 4) is 12.3 Å². The molecule has 0 aromatic carbocycles. The molecule has 2 saturated heterocycles. The topological polar surface area (TPSA) is 41.1 Å². The Morgan fingerprint density at radius 2 is 2.44 bits per heavy atom. The van der Waals surface area contributed by atoms with Gasteiger partial charge in [-0.3, -0.25) is 4.79 Å². The predicted molar refractivity (Wildman–Crippen MR) is 67.2 cm³/mol. The third-order valence-corrected chi connectivity index (χ3v) is 4.23. The van der Waals surface area contributed by atoms with Crippen LogP contribution < -0.4 is 10.6 Å². The van der Waals surface area contributed by atoms with Crippen LogP contribution in [0, 0.1) is 18.3 Å². The maximum atomic E-state index is 11.9. The quantitative estimate of drug-likeness (QED) is 0.545. The minimum atomic E-state index is 0.205. The Kier molecular flexibility index (Phi) is 4.14. The second-order valence-electron chi connectivity index (χ2n) is 4.44. The van der Waals surface area contributed by atoms with Crippen molar-refractivity contribution in [2.24, 2.45) is 5.92 Å². The first-order valence-electron chi connectivity index (χ1n) is 5.86. The molecule has 3 atom stereocenters. The summed E-state index contributed by atoms with van der Waals surface area (Å²) in [6.07, 6.45) is 8.57. The van der Waals surface area contributed by atoms with Gasteiger partial charge < -0.3 is 10.6 Å². The number of carbonyl (C=O) groups is 1. The Balaban J connectivity index is 1.63. The molecule has 2 fully saturated rings. The van der Waals surface area contributed by atoms with Gasteiger partial charge in [-0.2, -0.15) is 0 Å². The third-order valence-electron chi connectivity index (χ3n) is 3.37. The van der Waals surface area contributed by atoms with Gasteiger partial charge in [0.1, 0.15) is 0 Å². The number of hydrogen-bond acceptors (Lipinski definition) is 3.